The van der Waals surface area contributed by atoms with Crippen LogP contribution in [0, 0.1) is 0 Å². The fourth-order valence-electron chi connectivity index (χ4n) is 5.20. The summed E-state index contributed by atoms with van der Waals surface area (Å²) in [5.74, 6) is 0. The second kappa shape index (κ2) is 15.3. The summed E-state index contributed by atoms with van der Waals surface area (Å²) in [6, 6.07) is 60.6. The van der Waals surface area contributed by atoms with Crippen molar-refractivity contribution in [3.8, 4) is 0 Å². The van der Waals surface area contributed by atoms with Gasteiger partial charge in [-0.3, -0.25) is 9.98 Å². The van der Waals surface area contributed by atoms with Crippen LogP contribution in [0.3, 0.4) is 0 Å². The van der Waals surface area contributed by atoms with Crippen molar-refractivity contribution in [3.63, 3.8) is 0 Å². The lowest BCUT2D eigenvalue weighted by molar-refractivity contribution is 0.985. The van der Waals surface area contributed by atoms with Gasteiger partial charge in [0.25, 0.3) is 0 Å². The molecule has 0 bridgehead atoms. The van der Waals surface area contributed by atoms with E-state index in [0.717, 1.165) is 11.1 Å². The van der Waals surface area contributed by atoms with E-state index in [2.05, 4.69) is 170 Å². The van der Waals surface area contributed by atoms with Crippen molar-refractivity contribution < 1.29 is 0 Å². The minimum absolute atomic E-state index is 0.633. The van der Waals surface area contributed by atoms with Crippen molar-refractivity contribution in [2.45, 2.75) is 0 Å². The van der Waals surface area contributed by atoms with Gasteiger partial charge < -0.3 is 0 Å². The maximum absolute atomic E-state index is 4.83. The van der Waals surface area contributed by atoms with E-state index in [1.807, 2.05) is 12.4 Å². The van der Waals surface area contributed by atoms with Gasteiger partial charge in [-0.15, -0.1) is 0 Å². The summed E-state index contributed by atoms with van der Waals surface area (Å²) in [5, 5.41) is 7.98. The van der Waals surface area contributed by atoms with Gasteiger partial charge in [0.2, 0.25) is 0 Å². The number of rotatable bonds is 11. The van der Waals surface area contributed by atoms with Crippen LogP contribution >= 0.6 is 15.8 Å². The molecule has 6 rings (SSSR count). The maximum atomic E-state index is 4.83. The molecule has 0 N–H and O–H groups in total. The number of hydrogen-bond acceptors (Lipinski definition) is 2. The normalized spacial score (nSPS) is 11.6. The first-order valence-corrected chi connectivity index (χ1v) is 17.5. The van der Waals surface area contributed by atoms with Gasteiger partial charge in [0.1, 0.15) is 0 Å². The largest absolute Gasteiger partial charge is 0.291 e. The van der Waals surface area contributed by atoms with Crippen LogP contribution in [0.1, 0.15) is 11.1 Å². The summed E-state index contributed by atoms with van der Waals surface area (Å²) in [4.78, 5) is 9.66. The Morgan fingerprint density at radius 2 is 0.614 bits per heavy atom. The van der Waals surface area contributed by atoms with E-state index in [1.165, 1.54) is 31.8 Å². The molecule has 0 spiro atoms. The van der Waals surface area contributed by atoms with Gasteiger partial charge in [0, 0.05) is 23.6 Å². The Balaban J connectivity index is 1.20. The second-order valence-electron chi connectivity index (χ2n) is 10.2. The maximum Gasteiger partial charge on any atom is 0.0585 e. The topological polar surface area (TPSA) is 24.7 Å². The Labute approximate surface area is 263 Å². The average Bonchev–Trinajstić information content (AvgIpc) is 3.10. The van der Waals surface area contributed by atoms with E-state index in [9.17, 15) is 0 Å². The number of aliphatic imine (C=N–C) groups is 2. The first-order chi connectivity index (χ1) is 21.9. The summed E-state index contributed by atoms with van der Waals surface area (Å²) in [7, 11) is -1.38. The molecule has 2 nitrogen and oxygen atoms in total. The third kappa shape index (κ3) is 7.35. The number of nitrogens with zero attached hydrogens (tertiary/aromatic N) is 2. The Morgan fingerprint density at radius 1 is 0.341 bits per heavy atom. The molecule has 0 saturated heterocycles. The average molecular weight is 605 g/mol. The third-order valence-electron chi connectivity index (χ3n) is 7.23. The number of hydrogen-bond donors (Lipinski definition) is 0. The zero-order valence-electron chi connectivity index (χ0n) is 24.5. The van der Waals surface area contributed by atoms with E-state index >= 15 is 0 Å². The van der Waals surface area contributed by atoms with E-state index in [4.69, 9.17) is 9.98 Å². The van der Waals surface area contributed by atoms with Crippen LogP contribution in [-0.4, -0.2) is 25.5 Å². The molecule has 0 unspecified atom stereocenters. The van der Waals surface area contributed by atoms with Crippen LogP contribution in [0.4, 0.5) is 0 Å². The fourth-order valence-corrected chi connectivity index (χ4v) is 10.0. The predicted molar refractivity (Wildman–Crippen MR) is 195 cm³/mol. The van der Waals surface area contributed by atoms with E-state index < -0.39 is 15.8 Å². The molecule has 0 aromatic heterocycles. The summed E-state index contributed by atoms with van der Waals surface area (Å²) >= 11 is 0. The minimum atomic E-state index is -0.692. The van der Waals surface area contributed by atoms with Crippen molar-refractivity contribution in [2.75, 3.05) is 13.1 Å². The van der Waals surface area contributed by atoms with Gasteiger partial charge >= 0.3 is 0 Å². The molecular weight excluding hydrogens is 570 g/mol. The molecule has 0 fully saturated rings. The van der Waals surface area contributed by atoms with Crippen LogP contribution in [0.2, 0.25) is 0 Å². The van der Waals surface area contributed by atoms with Crippen LogP contribution in [0.25, 0.3) is 0 Å². The highest BCUT2D eigenvalue weighted by atomic mass is 31.1. The summed E-state index contributed by atoms with van der Waals surface area (Å²) in [5.41, 5.74) is 2.33. The van der Waals surface area contributed by atoms with Gasteiger partial charge in [0.05, 0.1) is 13.1 Å². The van der Waals surface area contributed by atoms with Crippen molar-refractivity contribution >= 4 is 60.1 Å². The molecular formula is C40H34N2P2. The first-order valence-electron chi connectivity index (χ1n) is 14.9. The van der Waals surface area contributed by atoms with Crippen LogP contribution in [0.5, 0.6) is 0 Å². The van der Waals surface area contributed by atoms with Gasteiger partial charge in [-0.2, -0.15) is 0 Å². The second-order valence-corrected chi connectivity index (χ2v) is 14.6. The SMILES string of the molecule is C(=N\CC/N=C/c1ccccc1P(c1ccccc1)c1ccccc1)/c1ccccc1P(c1ccccc1)c1ccccc1. The molecule has 0 aliphatic heterocycles. The van der Waals surface area contributed by atoms with Gasteiger partial charge in [-0.05, 0) is 47.7 Å². The predicted octanol–water partition coefficient (Wildman–Crippen LogP) is 6.74. The molecule has 0 aliphatic rings. The quantitative estimate of drug-likeness (QED) is 0.0890. The van der Waals surface area contributed by atoms with Crippen LogP contribution in [-0.2, 0) is 0 Å². The van der Waals surface area contributed by atoms with Crippen molar-refractivity contribution in [3.05, 3.63) is 181 Å². The van der Waals surface area contributed by atoms with Crippen molar-refractivity contribution in [1.29, 1.82) is 0 Å². The lowest BCUT2D eigenvalue weighted by atomic mass is 10.2. The van der Waals surface area contributed by atoms with E-state index in [-0.39, 0.29) is 0 Å². The number of benzene rings is 6. The molecule has 214 valence electrons. The lowest BCUT2D eigenvalue weighted by Crippen LogP contribution is -2.23. The molecule has 0 heterocycles. The summed E-state index contributed by atoms with van der Waals surface area (Å²) in [6.45, 7) is 1.27. The Morgan fingerprint density at radius 3 is 0.932 bits per heavy atom. The van der Waals surface area contributed by atoms with Gasteiger partial charge in [0.15, 0.2) is 0 Å². The molecule has 0 saturated carbocycles. The molecule has 0 amide bonds. The van der Waals surface area contributed by atoms with Crippen molar-refractivity contribution in [2.24, 2.45) is 9.98 Å². The molecule has 4 heteroatoms. The fraction of sp³-hybridized carbons (Fsp3) is 0.0500. The van der Waals surface area contributed by atoms with Gasteiger partial charge in [-0.25, -0.2) is 0 Å². The molecule has 44 heavy (non-hydrogen) atoms. The monoisotopic (exact) mass is 604 g/mol. The Kier molecular flexibility index (Phi) is 10.3. The third-order valence-corrected chi connectivity index (χ3v) is 12.3. The molecule has 0 atom stereocenters. The molecule has 0 radical (unpaired) electrons. The van der Waals surface area contributed by atoms with Crippen LogP contribution in [0.15, 0.2) is 180 Å². The standard InChI is InChI=1S/C40H34N2P2/c1-5-19-35(20-6-1)43(36-21-7-2-8-22-36)39-27-15-13-17-33(39)31-41-29-30-42-32-34-18-14-16-28-40(34)44(37-23-9-3-10-24-37)38-25-11-4-12-26-38/h1-28,31-32H,29-30H2/b41-31+,42-32+. The molecule has 6 aromatic carbocycles. The Bertz CT molecular complexity index is 1590. The van der Waals surface area contributed by atoms with Gasteiger partial charge in [-0.1, -0.05) is 170 Å². The smallest absolute Gasteiger partial charge is 0.0585 e. The highest BCUT2D eigenvalue weighted by Crippen LogP contribution is 2.34. The highest BCUT2D eigenvalue weighted by molar-refractivity contribution is 7.80. The van der Waals surface area contributed by atoms with Crippen LogP contribution < -0.4 is 31.8 Å². The van der Waals surface area contributed by atoms with E-state index in [1.54, 1.807) is 0 Å². The van der Waals surface area contributed by atoms with Crippen molar-refractivity contribution in [1.82, 2.24) is 0 Å². The summed E-state index contributed by atoms with van der Waals surface area (Å²) in [6.07, 6.45) is 4.06. The highest BCUT2D eigenvalue weighted by Gasteiger charge is 2.19. The zero-order valence-corrected chi connectivity index (χ0v) is 26.3. The zero-order chi connectivity index (χ0) is 29.8. The lowest BCUT2D eigenvalue weighted by Gasteiger charge is -2.21. The van der Waals surface area contributed by atoms with E-state index in [0.29, 0.717) is 13.1 Å². The Hall–Kier alpha value is -4.48. The minimum Gasteiger partial charge on any atom is -0.291 e. The molecule has 0 aliphatic carbocycles. The summed E-state index contributed by atoms with van der Waals surface area (Å²) < 4.78 is 0. The first kappa shape index (κ1) is 29.6. The molecule has 6 aromatic rings.